The molecule has 1 fully saturated rings. The van der Waals surface area contributed by atoms with Crippen LogP contribution in [0.1, 0.15) is 0 Å². The zero-order valence-electron chi connectivity index (χ0n) is 11.9. The molecule has 0 amide bonds. The number of halogens is 3. The molecule has 6 nitrogen and oxygen atoms in total. The summed E-state index contributed by atoms with van der Waals surface area (Å²) in [5, 5.41) is 2.66. The number of aromatic nitrogens is 1. The quantitative estimate of drug-likeness (QED) is 0.642. The highest BCUT2D eigenvalue weighted by atomic mass is 19.4. The molecule has 122 valence electrons. The fourth-order valence-electron chi connectivity index (χ4n) is 2.11. The van der Waals surface area contributed by atoms with Crippen molar-refractivity contribution in [3.8, 4) is 0 Å². The van der Waals surface area contributed by atoms with E-state index in [9.17, 15) is 13.2 Å². The molecule has 2 heterocycles. The minimum Gasteiger partial charge on any atom is -0.379 e. The van der Waals surface area contributed by atoms with Gasteiger partial charge in [0.05, 0.1) is 19.8 Å². The number of nitrogens with two attached hydrogens (primary N) is 1. The molecule has 0 aliphatic carbocycles. The lowest BCUT2D eigenvalue weighted by Gasteiger charge is -2.34. The lowest BCUT2D eigenvalue weighted by molar-refractivity contribution is -0.188. The number of guanidine groups is 1. The molecule has 3 N–H and O–H groups in total. The summed E-state index contributed by atoms with van der Waals surface area (Å²) in [7, 11) is 0. The molecule has 9 heteroatoms. The highest BCUT2D eigenvalue weighted by Gasteiger charge is 2.43. The van der Waals surface area contributed by atoms with E-state index in [1.807, 2.05) is 0 Å². The predicted molar refractivity (Wildman–Crippen MR) is 76.6 cm³/mol. The first kappa shape index (κ1) is 16.5. The molecular weight excluding hydrogens is 299 g/mol. The second-order valence-electron chi connectivity index (χ2n) is 4.77. The van der Waals surface area contributed by atoms with E-state index in [0.717, 1.165) is 0 Å². The van der Waals surface area contributed by atoms with Crippen molar-refractivity contribution in [3.63, 3.8) is 0 Å². The van der Waals surface area contributed by atoms with Gasteiger partial charge in [-0.25, -0.2) is 4.98 Å². The number of pyridine rings is 1. The summed E-state index contributed by atoms with van der Waals surface area (Å²) in [5.41, 5.74) is 5.62. The molecule has 1 unspecified atom stereocenters. The third kappa shape index (κ3) is 4.85. The van der Waals surface area contributed by atoms with Crippen molar-refractivity contribution in [1.82, 2.24) is 9.88 Å². The Morgan fingerprint density at radius 3 is 2.73 bits per heavy atom. The Kier molecular flexibility index (Phi) is 5.56. The summed E-state index contributed by atoms with van der Waals surface area (Å²) in [6.07, 6.45) is -2.83. The molecule has 0 bridgehead atoms. The van der Waals surface area contributed by atoms with Crippen LogP contribution in [-0.4, -0.2) is 60.9 Å². The van der Waals surface area contributed by atoms with Gasteiger partial charge in [-0.05, 0) is 12.1 Å². The first-order valence-electron chi connectivity index (χ1n) is 6.83. The minimum absolute atomic E-state index is 0.0961. The van der Waals surface area contributed by atoms with Crippen molar-refractivity contribution in [1.29, 1.82) is 0 Å². The van der Waals surface area contributed by atoms with Gasteiger partial charge >= 0.3 is 6.18 Å². The first-order chi connectivity index (χ1) is 10.5. The highest BCUT2D eigenvalue weighted by molar-refractivity contribution is 5.91. The Labute approximate surface area is 126 Å². The summed E-state index contributed by atoms with van der Waals surface area (Å²) >= 11 is 0. The molecule has 0 spiro atoms. The molecule has 1 saturated heterocycles. The van der Waals surface area contributed by atoms with Gasteiger partial charge in [0, 0.05) is 19.3 Å². The zero-order chi connectivity index (χ0) is 16.0. The predicted octanol–water partition coefficient (Wildman–Crippen LogP) is 1.07. The van der Waals surface area contributed by atoms with Crippen molar-refractivity contribution in [3.05, 3.63) is 24.4 Å². The molecule has 1 atom stereocenters. The molecule has 0 radical (unpaired) electrons. The second kappa shape index (κ2) is 7.41. The van der Waals surface area contributed by atoms with Crippen LogP contribution < -0.4 is 11.1 Å². The number of aliphatic imine (C=N–C) groups is 1. The molecular formula is C13H18F3N5O. The normalized spacial score (nSPS) is 19.0. The number of ether oxygens (including phenoxy) is 1. The number of hydrogen-bond donors (Lipinski definition) is 2. The lowest BCUT2D eigenvalue weighted by Crippen LogP contribution is -2.52. The zero-order valence-corrected chi connectivity index (χ0v) is 11.9. The number of rotatable bonds is 4. The van der Waals surface area contributed by atoms with E-state index in [-0.39, 0.29) is 32.3 Å². The molecule has 2 rings (SSSR count). The number of nitrogens with one attached hydrogen (secondary N) is 1. The average molecular weight is 317 g/mol. The van der Waals surface area contributed by atoms with Crippen LogP contribution >= 0.6 is 0 Å². The summed E-state index contributed by atoms with van der Waals surface area (Å²) in [4.78, 5) is 9.09. The molecule has 1 aliphatic heterocycles. The topological polar surface area (TPSA) is 75.8 Å². The summed E-state index contributed by atoms with van der Waals surface area (Å²) in [6.45, 7) is 0.575. The van der Waals surface area contributed by atoms with Crippen LogP contribution in [0.2, 0.25) is 0 Å². The maximum Gasteiger partial charge on any atom is 0.405 e. The van der Waals surface area contributed by atoms with Crippen molar-refractivity contribution < 1.29 is 17.9 Å². The van der Waals surface area contributed by atoms with Crippen molar-refractivity contribution in [2.45, 2.75) is 12.2 Å². The maximum absolute atomic E-state index is 13.2. The van der Waals surface area contributed by atoms with E-state index < -0.39 is 18.8 Å². The highest BCUT2D eigenvalue weighted by Crippen LogP contribution is 2.25. The lowest BCUT2D eigenvalue weighted by atomic mass is 10.2. The van der Waals surface area contributed by atoms with Crippen LogP contribution in [0.15, 0.2) is 29.4 Å². The van der Waals surface area contributed by atoms with E-state index in [4.69, 9.17) is 10.5 Å². The van der Waals surface area contributed by atoms with Gasteiger partial charge in [-0.2, -0.15) is 13.2 Å². The van der Waals surface area contributed by atoms with E-state index in [2.05, 4.69) is 15.3 Å². The smallest absolute Gasteiger partial charge is 0.379 e. The van der Waals surface area contributed by atoms with E-state index in [1.165, 1.54) is 4.90 Å². The number of hydrogen-bond acceptors (Lipinski definition) is 4. The van der Waals surface area contributed by atoms with Crippen LogP contribution in [0.3, 0.4) is 0 Å². The van der Waals surface area contributed by atoms with Crippen molar-refractivity contribution in [2.24, 2.45) is 10.7 Å². The molecule has 22 heavy (non-hydrogen) atoms. The molecule has 1 aromatic heterocycles. The minimum atomic E-state index is -4.37. The number of anilines is 1. The van der Waals surface area contributed by atoms with Crippen LogP contribution in [0.4, 0.5) is 19.0 Å². The van der Waals surface area contributed by atoms with E-state index >= 15 is 0 Å². The Morgan fingerprint density at radius 1 is 1.41 bits per heavy atom. The number of alkyl halides is 3. The van der Waals surface area contributed by atoms with Crippen LogP contribution in [0, 0.1) is 0 Å². The average Bonchev–Trinajstić information content (AvgIpc) is 2.48. The fraction of sp³-hybridized carbons (Fsp3) is 0.538. The monoisotopic (exact) mass is 317 g/mol. The van der Waals surface area contributed by atoms with Gasteiger partial charge in [-0.3, -0.25) is 9.89 Å². The number of morpholine rings is 1. The molecule has 0 saturated carbocycles. The fourth-order valence-corrected chi connectivity index (χ4v) is 2.11. The van der Waals surface area contributed by atoms with Crippen LogP contribution in [0.5, 0.6) is 0 Å². The Morgan fingerprint density at radius 2 is 2.14 bits per heavy atom. The third-order valence-corrected chi connectivity index (χ3v) is 3.22. The summed E-state index contributed by atoms with van der Waals surface area (Å²) in [5.74, 6) is 0.333. The van der Waals surface area contributed by atoms with Crippen molar-refractivity contribution >= 4 is 11.8 Å². The van der Waals surface area contributed by atoms with Gasteiger partial charge in [0.1, 0.15) is 11.9 Å². The SMILES string of the molecule is NC(=NCC(N1CCOCC1)C(F)(F)F)Nc1ccccn1. The van der Waals surface area contributed by atoms with Gasteiger partial charge in [0.25, 0.3) is 0 Å². The Hall–Kier alpha value is -1.87. The van der Waals surface area contributed by atoms with Gasteiger partial charge in [0.2, 0.25) is 0 Å². The van der Waals surface area contributed by atoms with Crippen LogP contribution in [0.25, 0.3) is 0 Å². The summed E-state index contributed by atoms with van der Waals surface area (Å²) in [6, 6.07) is 3.43. The Balaban J connectivity index is 1.99. The van der Waals surface area contributed by atoms with E-state index in [1.54, 1.807) is 24.4 Å². The van der Waals surface area contributed by atoms with Crippen LogP contribution in [-0.2, 0) is 4.74 Å². The van der Waals surface area contributed by atoms with Crippen molar-refractivity contribution in [2.75, 3.05) is 38.2 Å². The standard InChI is InChI=1S/C13H18F3N5O/c14-13(15,16)10(21-5-7-22-8-6-21)9-19-12(17)20-11-3-1-2-4-18-11/h1-4,10H,5-9H2,(H3,17,18,19,20). The summed E-state index contributed by atoms with van der Waals surface area (Å²) < 4.78 is 44.5. The molecule has 1 aliphatic rings. The number of nitrogens with zero attached hydrogens (tertiary/aromatic N) is 3. The largest absolute Gasteiger partial charge is 0.405 e. The maximum atomic E-state index is 13.2. The third-order valence-electron chi connectivity index (χ3n) is 3.22. The van der Waals surface area contributed by atoms with E-state index in [0.29, 0.717) is 5.82 Å². The Bertz CT molecular complexity index is 488. The molecule has 0 aromatic carbocycles. The first-order valence-corrected chi connectivity index (χ1v) is 6.83. The van der Waals surface area contributed by atoms with Gasteiger partial charge in [-0.1, -0.05) is 6.07 Å². The van der Waals surface area contributed by atoms with Gasteiger partial charge in [-0.15, -0.1) is 0 Å². The van der Waals surface area contributed by atoms with Gasteiger partial charge < -0.3 is 15.8 Å². The second-order valence-corrected chi connectivity index (χ2v) is 4.77. The van der Waals surface area contributed by atoms with Gasteiger partial charge in [0.15, 0.2) is 5.96 Å². The molecule has 1 aromatic rings.